The van der Waals surface area contributed by atoms with Crippen LogP contribution in [0.5, 0.6) is 0 Å². The molecule has 0 spiro atoms. The molecule has 0 saturated carbocycles. The molecule has 0 aliphatic carbocycles. The molecule has 0 saturated heterocycles. The molecular formula is C19H16O2. The monoisotopic (exact) mass is 276 g/mol. The molecule has 2 heteroatoms. The SMILES string of the molecule is O=C(CC(O)c1cccc2ccccc12)c1ccccc1. The number of aliphatic hydroxyl groups is 1. The summed E-state index contributed by atoms with van der Waals surface area (Å²) in [5.74, 6) is -0.0453. The van der Waals surface area contributed by atoms with Crippen LogP contribution in [0.4, 0.5) is 0 Å². The molecule has 2 nitrogen and oxygen atoms in total. The van der Waals surface area contributed by atoms with Crippen LogP contribution < -0.4 is 0 Å². The lowest BCUT2D eigenvalue weighted by atomic mass is 9.96. The molecule has 3 aromatic rings. The maximum absolute atomic E-state index is 12.2. The third kappa shape index (κ3) is 2.86. The minimum atomic E-state index is -0.788. The highest BCUT2D eigenvalue weighted by atomic mass is 16.3. The zero-order valence-electron chi connectivity index (χ0n) is 11.6. The average molecular weight is 276 g/mol. The van der Waals surface area contributed by atoms with Crippen molar-refractivity contribution in [2.45, 2.75) is 12.5 Å². The van der Waals surface area contributed by atoms with Crippen LogP contribution in [0.1, 0.15) is 28.4 Å². The normalized spacial score (nSPS) is 12.2. The van der Waals surface area contributed by atoms with Crippen LogP contribution in [0, 0.1) is 0 Å². The molecule has 0 aromatic heterocycles. The fourth-order valence-electron chi connectivity index (χ4n) is 2.57. The van der Waals surface area contributed by atoms with Crippen LogP contribution in [0.25, 0.3) is 10.8 Å². The predicted molar refractivity (Wildman–Crippen MR) is 84.3 cm³/mol. The van der Waals surface area contributed by atoms with E-state index in [2.05, 4.69) is 0 Å². The summed E-state index contributed by atoms with van der Waals surface area (Å²) in [5.41, 5.74) is 1.44. The smallest absolute Gasteiger partial charge is 0.165 e. The Morgan fingerprint density at radius 2 is 1.52 bits per heavy atom. The highest BCUT2D eigenvalue weighted by Gasteiger charge is 2.16. The van der Waals surface area contributed by atoms with Gasteiger partial charge in [0.05, 0.1) is 6.10 Å². The van der Waals surface area contributed by atoms with E-state index in [0.29, 0.717) is 5.56 Å². The van der Waals surface area contributed by atoms with Crippen molar-refractivity contribution < 1.29 is 9.90 Å². The standard InChI is InChI=1S/C19H16O2/c20-18(15-8-2-1-3-9-15)13-19(21)17-12-6-10-14-7-4-5-11-16(14)17/h1-12,19,21H,13H2. The third-order valence-corrected chi connectivity index (χ3v) is 3.66. The molecule has 0 aliphatic rings. The molecule has 1 unspecified atom stereocenters. The Hall–Kier alpha value is -2.45. The minimum absolute atomic E-state index is 0.0453. The summed E-state index contributed by atoms with van der Waals surface area (Å²) in [4.78, 5) is 12.2. The molecule has 1 N–H and O–H groups in total. The number of aliphatic hydroxyl groups excluding tert-OH is 1. The van der Waals surface area contributed by atoms with E-state index in [9.17, 15) is 9.90 Å². The average Bonchev–Trinajstić information content (AvgIpc) is 2.55. The van der Waals surface area contributed by atoms with Crippen molar-refractivity contribution in [2.24, 2.45) is 0 Å². The molecule has 104 valence electrons. The molecule has 0 heterocycles. The van der Waals surface area contributed by atoms with Crippen LogP contribution in [0.15, 0.2) is 72.8 Å². The van der Waals surface area contributed by atoms with Crippen molar-refractivity contribution in [3.8, 4) is 0 Å². The largest absolute Gasteiger partial charge is 0.388 e. The van der Waals surface area contributed by atoms with Gasteiger partial charge in [0.15, 0.2) is 5.78 Å². The summed E-state index contributed by atoms with van der Waals surface area (Å²) in [6.45, 7) is 0. The van der Waals surface area contributed by atoms with Crippen molar-refractivity contribution in [1.82, 2.24) is 0 Å². The molecule has 0 amide bonds. The fourth-order valence-corrected chi connectivity index (χ4v) is 2.57. The Balaban J connectivity index is 1.88. The van der Waals surface area contributed by atoms with Gasteiger partial charge in [-0.15, -0.1) is 0 Å². The predicted octanol–water partition coefficient (Wildman–Crippen LogP) is 4.15. The number of Topliss-reactive ketones (excluding diaryl/α,β-unsaturated/α-hetero) is 1. The van der Waals surface area contributed by atoms with Gasteiger partial charge < -0.3 is 5.11 Å². The van der Waals surface area contributed by atoms with Crippen molar-refractivity contribution >= 4 is 16.6 Å². The molecule has 1 atom stereocenters. The minimum Gasteiger partial charge on any atom is -0.388 e. The van der Waals surface area contributed by atoms with E-state index < -0.39 is 6.10 Å². The first-order chi connectivity index (χ1) is 10.3. The Morgan fingerprint density at radius 1 is 0.857 bits per heavy atom. The van der Waals surface area contributed by atoms with E-state index in [1.165, 1.54) is 0 Å². The van der Waals surface area contributed by atoms with Crippen LogP contribution in [0.3, 0.4) is 0 Å². The molecular weight excluding hydrogens is 260 g/mol. The summed E-state index contributed by atoms with van der Waals surface area (Å²) in [7, 11) is 0. The van der Waals surface area contributed by atoms with Crippen LogP contribution >= 0.6 is 0 Å². The van der Waals surface area contributed by atoms with E-state index in [4.69, 9.17) is 0 Å². The van der Waals surface area contributed by atoms with Crippen LogP contribution in [-0.4, -0.2) is 10.9 Å². The van der Waals surface area contributed by atoms with Crippen molar-refractivity contribution in [3.05, 3.63) is 83.9 Å². The third-order valence-electron chi connectivity index (χ3n) is 3.66. The summed E-state index contributed by atoms with van der Waals surface area (Å²) < 4.78 is 0. The Kier molecular flexibility index (Phi) is 3.80. The van der Waals surface area contributed by atoms with E-state index in [1.54, 1.807) is 12.1 Å². The highest BCUT2D eigenvalue weighted by Crippen LogP contribution is 2.27. The van der Waals surface area contributed by atoms with Crippen molar-refractivity contribution in [2.75, 3.05) is 0 Å². The fraction of sp³-hybridized carbons (Fsp3) is 0.105. The number of hydrogen-bond donors (Lipinski definition) is 1. The second-order valence-electron chi connectivity index (χ2n) is 5.08. The van der Waals surface area contributed by atoms with E-state index >= 15 is 0 Å². The number of benzene rings is 3. The lowest BCUT2D eigenvalue weighted by molar-refractivity contribution is 0.0882. The molecule has 0 radical (unpaired) electrons. The lowest BCUT2D eigenvalue weighted by Crippen LogP contribution is -2.07. The van der Waals surface area contributed by atoms with Gasteiger partial charge in [0.2, 0.25) is 0 Å². The maximum Gasteiger partial charge on any atom is 0.165 e. The topological polar surface area (TPSA) is 37.3 Å². The van der Waals surface area contributed by atoms with Gasteiger partial charge in [-0.25, -0.2) is 0 Å². The van der Waals surface area contributed by atoms with E-state index in [1.807, 2.05) is 60.7 Å². The highest BCUT2D eigenvalue weighted by molar-refractivity contribution is 5.97. The number of fused-ring (bicyclic) bond motifs is 1. The second-order valence-corrected chi connectivity index (χ2v) is 5.08. The molecule has 0 fully saturated rings. The summed E-state index contributed by atoms with van der Waals surface area (Å²) in [6, 6.07) is 22.8. The van der Waals surface area contributed by atoms with E-state index in [-0.39, 0.29) is 12.2 Å². The number of ketones is 1. The van der Waals surface area contributed by atoms with Gasteiger partial charge in [0, 0.05) is 12.0 Å². The van der Waals surface area contributed by atoms with Crippen LogP contribution in [-0.2, 0) is 0 Å². The number of carbonyl (C=O) groups is 1. The first-order valence-electron chi connectivity index (χ1n) is 6.99. The summed E-state index contributed by atoms with van der Waals surface area (Å²) >= 11 is 0. The number of hydrogen-bond acceptors (Lipinski definition) is 2. The first-order valence-corrected chi connectivity index (χ1v) is 6.99. The summed E-state index contributed by atoms with van der Waals surface area (Å²) in [5, 5.41) is 12.5. The lowest BCUT2D eigenvalue weighted by Gasteiger charge is -2.13. The van der Waals surface area contributed by atoms with Crippen molar-refractivity contribution in [1.29, 1.82) is 0 Å². The molecule has 3 rings (SSSR count). The Labute approximate surface area is 123 Å². The van der Waals surface area contributed by atoms with Gasteiger partial charge in [0.1, 0.15) is 0 Å². The molecule has 21 heavy (non-hydrogen) atoms. The number of rotatable bonds is 4. The summed E-state index contributed by atoms with van der Waals surface area (Å²) in [6.07, 6.45) is -0.693. The van der Waals surface area contributed by atoms with Gasteiger partial charge in [0.25, 0.3) is 0 Å². The van der Waals surface area contributed by atoms with Gasteiger partial charge in [-0.2, -0.15) is 0 Å². The maximum atomic E-state index is 12.2. The quantitative estimate of drug-likeness (QED) is 0.727. The van der Waals surface area contributed by atoms with Gasteiger partial charge in [-0.1, -0.05) is 72.8 Å². The zero-order chi connectivity index (χ0) is 14.7. The van der Waals surface area contributed by atoms with Gasteiger partial charge in [-0.05, 0) is 16.3 Å². The Bertz CT molecular complexity index is 757. The Morgan fingerprint density at radius 3 is 2.33 bits per heavy atom. The van der Waals surface area contributed by atoms with Crippen molar-refractivity contribution in [3.63, 3.8) is 0 Å². The second kappa shape index (κ2) is 5.90. The number of carbonyl (C=O) groups excluding carboxylic acids is 1. The van der Waals surface area contributed by atoms with E-state index in [0.717, 1.165) is 16.3 Å². The first kappa shape index (κ1) is 13.5. The van der Waals surface area contributed by atoms with Gasteiger partial charge >= 0.3 is 0 Å². The zero-order valence-corrected chi connectivity index (χ0v) is 11.6. The molecule has 0 aliphatic heterocycles. The van der Waals surface area contributed by atoms with Gasteiger partial charge in [-0.3, -0.25) is 4.79 Å². The molecule has 3 aromatic carbocycles. The van der Waals surface area contributed by atoms with Crippen LogP contribution in [0.2, 0.25) is 0 Å². The molecule has 0 bridgehead atoms.